The van der Waals surface area contributed by atoms with Crippen LogP contribution in [0.2, 0.25) is 0 Å². The zero-order chi connectivity index (χ0) is 23.2. The molecule has 0 aliphatic heterocycles. The van der Waals surface area contributed by atoms with E-state index in [1.807, 2.05) is 48.7 Å². The minimum Gasteiger partial charge on any atom is -0.351 e. The van der Waals surface area contributed by atoms with E-state index < -0.39 is 6.04 Å². The number of thiophene rings is 1. The van der Waals surface area contributed by atoms with Crippen LogP contribution in [0.4, 0.5) is 10.1 Å². The molecule has 1 aliphatic carbocycles. The van der Waals surface area contributed by atoms with Crippen molar-refractivity contribution in [2.24, 2.45) is 0 Å². The Morgan fingerprint density at radius 2 is 1.79 bits per heavy atom. The van der Waals surface area contributed by atoms with Crippen molar-refractivity contribution >= 4 is 28.8 Å². The quantitative estimate of drug-likeness (QED) is 0.456. The van der Waals surface area contributed by atoms with Gasteiger partial charge in [0.1, 0.15) is 11.9 Å². The molecule has 1 heterocycles. The van der Waals surface area contributed by atoms with E-state index in [2.05, 4.69) is 5.32 Å². The summed E-state index contributed by atoms with van der Waals surface area (Å²) < 4.78 is 13.8. The maximum Gasteiger partial charge on any atom is 0.248 e. The van der Waals surface area contributed by atoms with Gasteiger partial charge in [0, 0.05) is 16.6 Å². The van der Waals surface area contributed by atoms with Crippen molar-refractivity contribution in [1.29, 1.82) is 0 Å². The van der Waals surface area contributed by atoms with Crippen LogP contribution < -0.4 is 10.2 Å². The fraction of sp³-hybridized carbons (Fsp3) is 0.333. The number of para-hydroxylation sites is 1. The number of nitrogens with one attached hydrogen (secondary N) is 1. The Balaban J connectivity index is 1.79. The predicted octanol–water partition coefficient (Wildman–Crippen LogP) is 5.83. The van der Waals surface area contributed by atoms with Crippen LogP contribution in [0.15, 0.2) is 66.0 Å². The molecular formula is C27H29FN2O2S. The molecule has 1 N–H and O–H groups in total. The lowest BCUT2D eigenvalue weighted by Crippen LogP contribution is -2.47. The number of rotatable bonds is 8. The lowest BCUT2D eigenvalue weighted by Gasteiger charge is -2.33. The summed E-state index contributed by atoms with van der Waals surface area (Å²) in [6.45, 7) is 2.03. The zero-order valence-electron chi connectivity index (χ0n) is 18.8. The Morgan fingerprint density at radius 3 is 2.45 bits per heavy atom. The van der Waals surface area contributed by atoms with Gasteiger partial charge in [-0.1, -0.05) is 56.2 Å². The van der Waals surface area contributed by atoms with Crippen molar-refractivity contribution in [3.63, 3.8) is 0 Å². The molecule has 0 radical (unpaired) electrons. The summed E-state index contributed by atoms with van der Waals surface area (Å²) in [6, 6.07) is 16.7. The fourth-order valence-corrected chi connectivity index (χ4v) is 5.22. The molecule has 0 spiro atoms. The first-order valence-electron chi connectivity index (χ1n) is 11.5. The van der Waals surface area contributed by atoms with Crippen LogP contribution >= 0.6 is 11.3 Å². The average molecular weight is 465 g/mol. The Hall–Kier alpha value is -2.99. The number of halogens is 1. The molecule has 2 amide bonds. The Labute approximate surface area is 198 Å². The summed E-state index contributed by atoms with van der Waals surface area (Å²) in [5, 5.41) is 5.11. The number of hydrogen-bond donors (Lipinski definition) is 1. The number of anilines is 1. The summed E-state index contributed by atoms with van der Waals surface area (Å²) in [5.41, 5.74) is 2.30. The molecule has 1 fully saturated rings. The molecule has 1 aliphatic rings. The van der Waals surface area contributed by atoms with Crippen LogP contribution in [-0.2, 0) is 22.4 Å². The van der Waals surface area contributed by atoms with Crippen molar-refractivity contribution in [2.45, 2.75) is 57.5 Å². The van der Waals surface area contributed by atoms with Gasteiger partial charge < -0.3 is 5.32 Å². The van der Waals surface area contributed by atoms with Gasteiger partial charge >= 0.3 is 0 Å². The van der Waals surface area contributed by atoms with Crippen LogP contribution in [-0.4, -0.2) is 17.9 Å². The van der Waals surface area contributed by atoms with E-state index in [4.69, 9.17) is 0 Å². The van der Waals surface area contributed by atoms with Gasteiger partial charge in [-0.05, 0) is 60.0 Å². The highest BCUT2D eigenvalue weighted by Crippen LogP contribution is 2.33. The molecular weight excluding hydrogens is 435 g/mol. The molecule has 4 rings (SSSR count). The van der Waals surface area contributed by atoms with Gasteiger partial charge in [-0.2, -0.15) is 0 Å². The van der Waals surface area contributed by atoms with Crippen LogP contribution in [0.5, 0.6) is 0 Å². The highest BCUT2D eigenvalue weighted by molar-refractivity contribution is 7.10. The SMILES string of the molecule is CCc1ccccc1N(C(=O)Cc1cccs1)C(C(=O)NC1CCCC1)c1ccc(F)cc1. The monoisotopic (exact) mass is 464 g/mol. The molecule has 1 aromatic heterocycles. The third-order valence-corrected chi connectivity index (χ3v) is 7.08. The van der Waals surface area contributed by atoms with E-state index in [0.29, 0.717) is 5.56 Å². The number of hydrogen-bond acceptors (Lipinski definition) is 3. The van der Waals surface area contributed by atoms with Gasteiger partial charge in [-0.25, -0.2) is 4.39 Å². The van der Waals surface area contributed by atoms with Crippen molar-refractivity contribution in [3.05, 3.63) is 87.9 Å². The summed E-state index contributed by atoms with van der Waals surface area (Å²) in [5.74, 6) is -0.757. The maximum atomic E-state index is 13.8. The largest absolute Gasteiger partial charge is 0.351 e. The van der Waals surface area contributed by atoms with Gasteiger partial charge in [-0.15, -0.1) is 11.3 Å². The lowest BCUT2D eigenvalue weighted by atomic mass is 9.99. The van der Waals surface area contributed by atoms with Crippen LogP contribution in [0.25, 0.3) is 0 Å². The van der Waals surface area contributed by atoms with Crippen molar-refractivity contribution < 1.29 is 14.0 Å². The standard InChI is InChI=1S/C27H29FN2O2S/c1-2-19-8-3-6-12-24(19)30(25(31)18-23-11-7-17-33-23)26(20-13-15-21(28)16-14-20)27(32)29-22-9-4-5-10-22/h3,6-8,11-17,22,26H,2,4-5,9-10,18H2,1H3,(H,29,32). The van der Waals surface area contributed by atoms with E-state index in [0.717, 1.165) is 48.2 Å². The second kappa shape index (κ2) is 10.8. The van der Waals surface area contributed by atoms with Crippen LogP contribution in [0.3, 0.4) is 0 Å². The minimum atomic E-state index is -0.883. The Kier molecular flexibility index (Phi) is 7.55. The summed E-state index contributed by atoms with van der Waals surface area (Å²) in [4.78, 5) is 30.0. The number of aryl methyl sites for hydroxylation is 1. The number of carbonyl (C=O) groups excluding carboxylic acids is 2. The maximum absolute atomic E-state index is 13.8. The van der Waals surface area contributed by atoms with E-state index in [1.54, 1.807) is 17.0 Å². The number of carbonyl (C=O) groups is 2. The molecule has 1 saturated carbocycles. The first kappa shape index (κ1) is 23.2. The molecule has 33 heavy (non-hydrogen) atoms. The minimum absolute atomic E-state index is 0.108. The first-order chi connectivity index (χ1) is 16.1. The molecule has 1 atom stereocenters. The summed E-state index contributed by atoms with van der Waals surface area (Å²) in [6.07, 6.45) is 4.98. The van der Waals surface area contributed by atoms with Gasteiger partial charge in [-0.3, -0.25) is 14.5 Å². The first-order valence-corrected chi connectivity index (χ1v) is 12.4. The molecule has 1 unspecified atom stereocenters. The van der Waals surface area contributed by atoms with Crippen molar-refractivity contribution in [1.82, 2.24) is 5.32 Å². The van der Waals surface area contributed by atoms with E-state index in [9.17, 15) is 14.0 Å². The predicted molar refractivity (Wildman–Crippen MR) is 131 cm³/mol. The van der Waals surface area contributed by atoms with Gasteiger partial charge in [0.25, 0.3) is 0 Å². The van der Waals surface area contributed by atoms with Gasteiger partial charge in [0.2, 0.25) is 11.8 Å². The molecule has 3 aromatic rings. The van der Waals surface area contributed by atoms with Crippen LogP contribution in [0, 0.1) is 5.82 Å². The second-order valence-electron chi connectivity index (χ2n) is 8.45. The number of amides is 2. The normalized spacial score (nSPS) is 14.7. The van der Waals surface area contributed by atoms with Gasteiger partial charge in [0.15, 0.2) is 0 Å². The molecule has 6 heteroatoms. The van der Waals surface area contributed by atoms with E-state index in [1.165, 1.54) is 23.5 Å². The van der Waals surface area contributed by atoms with Crippen LogP contribution in [0.1, 0.15) is 54.7 Å². The smallest absolute Gasteiger partial charge is 0.248 e. The highest BCUT2D eigenvalue weighted by Gasteiger charge is 2.35. The van der Waals surface area contributed by atoms with E-state index >= 15 is 0 Å². The molecule has 0 bridgehead atoms. The fourth-order valence-electron chi connectivity index (χ4n) is 4.52. The Bertz CT molecular complexity index is 1080. The lowest BCUT2D eigenvalue weighted by molar-refractivity contribution is -0.127. The third kappa shape index (κ3) is 5.50. The average Bonchev–Trinajstić information content (AvgIpc) is 3.52. The molecule has 4 nitrogen and oxygen atoms in total. The number of benzene rings is 2. The third-order valence-electron chi connectivity index (χ3n) is 6.20. The van der Waals surface area contributed by atoms with Gasteiger partial charge in [0.05, 0.1) is 6.42 Å². The molecule has 172 valence electrons. The molecule has 0 saturated heterocycles. The van der Waals surface area contributed by atoms with Crippen molar-refractivity contribution in [2.75, 3.05) is 4.90 Å². The van der Waals surface area contributed by atoms with E-state index in [-0.39, 0.29) is 30.1 Å². The Morgan fingerprint density at radius 1 is 1.06 bits per heavy atom. The highest BCUT2D eigenvalue weighted by atomic mass is 32.1. The summed E-state index contributed by atoms with van der Waals surface area (Å²) in [7, 11) is 0. The molecule has 2 aromatic carbocycles. The zero-order valence-corrected chi connectivity index (χ0v) is 19.6. The van der Waals surface area contributed by atoms with Crippen molar-refractivity contribution in [3.8, 4) is 0 Å². The topological polar surface area (TPSA) is 49.4 Å². The number of nitrogens with zero attached hydrogens (tertiary/aromatic N) is 1. The second-order valence-corrected chi connectivity index (χ2v) is 9.48. The summed E-state index contributed by atoms with van der Waals surface area (Å²) >= 11 is 1.52.